The van der Waals surface area contributed by atoms with Crippen molar-refractivity contribution < 1.29 is 14.3 Å². The highest BCUT2D eigenvalue weighted by atomic mass is 16.6. The monoisotopic (exact) mass is 257 g/mol. The highest BCUT2D eigenvalue weighted by molar-refractivity contribution is 6.15. The number of hydrogen-bond donors (Lipinski definition) is 0. The molecule has 2 aliphatic rings. The SMILES string of the molecule is CC1=CC(=O)N(CCC2OC2c2ccccc2)C1=O. The summed E-state index contributed by atoms with van der Waals surface area (Å²) in [6.45, 7) is 2.10. The molecule has 2 atom stereocenters. The van der Waals surface area contributed by atoms with Gasteiger partial charge in [0.15, 0.2) is 0 Å². The fourth-order valence-corrected chi connectivity index (χ4v) is 2.40. The van der Waals surface area contributed by atoms with Crippen LogP contribution in [0.25, 0.3) is 0 Å². The first-order chi connectivity index (χ1) is 9.16. The minimum Gasteiger partial charge on any atom is -0.364 e. The molecule has 2 unspecified atom stereocenters. The van der Waals surface area contributed by atoms with Crippen molar-refractivity contribution in [3.8, 4) is 0 Å². The molecule has 0 radical (unpaired) electrons. The lowest BCUT2D eigenvalue weighted by Crippen LogP contribution is -2.32. The molecular formula is C15H15NO3. The second-order valence-electron chi connectivity index (χ2n) is 4.92. The Morgan fingerprint density at radius 3 is 2.58 bits per heavy atom. The van der Waals surface area contributed by atoms with Crippen LogP contribution in [0.1, 0.15) is 25.0 Å². The van der Waals surface area contributed by atoms with Crippen molar-refractivity contribution in [2.75, 3.05) is 6.54 Å². The van der Waals surface area contributed by atoms with E-state index in [0.29, 0.717) is 18.5 Å². The van der Waals surface area contributed by atoms with E-state index in [9.17, 15) is 9.59 Å². The van der Waals surface area contributed by atoms with Gasteiger partial charge in [-0.3, -0.25) is 14.5 Å². The maximum Gasteiger partial charge on any atom is 0.256 e. The molecule has 2 heterocycles. The average molecular weight is 257 g/mol. The van der Waals surface area contributed by atoms with E-state index in [-0.39, 0.29) is 24.0 Å². The van der Waals surface area contributed by atoms with Crippen molar-refractivity contribution in [3.05, 3.63) is 47.5 Å². The second-order valence-corrected chi connectivity index (χ2v) is 4.92. The summed E-state index contributed by atoms with van der Waals surface area (Å²) in [5.74, 6) is -0.388. The number of hydrogen-bond acceptors (Lipinski definition) is 3. The third-order valence-corrected chi connectivity index (χ3v) is 3.54. The molecule has 4 heteroatoms. The molecule has 2 aliphatic heterocycles. The molecule has 1 saturated heterocycles. The minimum absolute atomic E-state index is 0.114. The molecule has 3 rings (SSSR count). The standard InChI is InChI=1S/C15H15NO3/c1-10-9-13(17)16(15(10)18)8-7-12-14(19-12)11-5-3-2-4-6-11/h2-6,9,12,14H,7-8H2,1H3. The number of rotatable bonds is 4. The Bertz CT molecular complexity index is 550. The smallest absolute Gasteiger partial charge is 0.256 e. The lowest BCUT2D eigenvalue weighted by Gasteiger charge is -2.13. The van der Waals surface area contributed by atoms with Crippen LogP contribution in [-0.4, -0.2) is 29.4 Å². The van der Waals surface area contributed by atoms with Crippen LogP contribution in [0, 0.1) is 0 Å². The molecule has 0 bridgehead atoms. The Balaban J connectivity index is 1.53. The van der Waals surface area contributed by atoms with Crippen LogP contribution < -0.4 is 0 Å². The fraction of sp³-hybridized carbons (Fsp3) is 0.333. The Labute approximate surface area is 111 Å². The van der Waals surface area contributed by atoms with Gasteiger partial charge in [-0.05, 0) is 18.9 Å². The molecule has 1 aromatic carbocycles. The van der Waals surface area contributed by atoms with Gasteiger partial charge in [0, 0.05) is 18.2 Å². The molecule has 0 aromatic heterocycles. The van der Waals surface area contributed by atoms with Crippen molar-refractivity contribution in [3.63, 3.8) is 0 Å². The van der Waals surface area contributed by atoms with Gasteiger partial charge in [0.2, 0.25) is 0 Å². The summed E-state index contributed by atoms with van der Waals surface area (Å²) in [5, 5.41) is 0. The van der Waals surface area contributed by atoms with E-state index in [2.05, 4.69) is 0 Å². The van der Waals surface area contributed by atoms with Crippen LogP contribution in [0.15, 0.2) is 42.0 Å². The van der Waals surface area contributed by atoms with Crippen molar-refractivity contribution in [2.24, 2.45) is 0 Å². The summed E-state index contributed by atoms with van der Waals surface area (Å²) in [6.07, 6.45) is 2.31. The molecule has 0 N–H and O–H groups in total. The molecular weight excluding hydrogens is 242 g/mol. The van der Waals surface area contributed by atoms with Gasteiger partial charge in [-0.15, -0.1) is 0 Å². The normalized spacial score (nSPS) is 25.7. The maximum atomic E-state index is 11.7. The number of carbonyl (C=O) groups is 2. The van der Waals surface area contributed by atoms with Gasteiger partial charge in [-0.1, -0.05) is 30.3 Å². The average Bonchev–Trinajstić information content (AvgIpc) is 3.14. The Morgan fingerprint density at radius 1 is 1.21 bits per heavy atom. The molecule has 1 aromatic rings. The minimum atomic E-state index is -0.209. The number of nitrogens with zero attached hydrogens (tertiary/aromatic N) is 1. The zero-order valence-electron chi connectivity index (χ0n) is 10.7. The predicted molar refractivity (Wildman–Crippen MR) is 69.2 cm³/mol. The number of benzene rings is 1. The summed E-state index contributed by atoms with van der Waals surface area (Å²) >= 11 is 0. The second kappa shape index (κ2) is 4.63. The summed E-state index contributed by atoms with van der Waals surface area (Å²) in [6, 6.07) is 9.99. The molecule has 4 nitrogen and oxygen atoms in total. The lowest BCUT2D eigenvalue weighted by atomic mass is 10.1. The zero-order valence-corrected chi connectivity index (χ0v) is 10.7. The van der Waals surface area contributed by atoms with Gasteiger partial charge in [0.25, 0.3) is 11.8 Å². The van der Waals surface area contributed by atoms with Crippen LogP contribution in [0.2, 0.25) is 0 Å². The van der Waals surface area contributed by atoms with Crippen molar-refractivity contribution >= 4 is 11.8 Å². The summed E-state index contributed by atoms with van der Waals surface area (Å²) < 4.78 is 5.59. The van der Waals surface area contributed by atoms with Crippen LogP contribution in [0.5, 0.6) is 0 Å². The Morgan fingerprint density at radius 2 is 1.95 bits per heavy atom. The predicted octanol–water partition coefficient (Wildman–Crippen LogP) is 1.83. The number of ether oxygens (including phenoxy) is 1. The molecule has 0 saturated carbocycles. The summed E-state index contributed by atoms with van der Waals surface area (Å²) in [7, 11) is 0. The number of imide groups is 1. The van der Waals surface area contributed by atoms with E-state index in [1.165, 1.54) is 11.0 Å². The van der Waals surface area contributed by atoms with E-state index < -0.39 is 0 Å². The van der Waals surface area contributed by atoms with Crippen molar-refractivity contribution in [2.45, 2.75) is 25.6 Å². The Kier molecular flexibility index (Phi) is 2.95. The van der Waals surface area contributed by atoms with E-state index in [0.717, 1.165) is 5.56 Å². The van der Waals surface area contributed by atoms with Crippen LogP contribution in [-0.2, 0) is 14.3 Å². The lowest BCUT2D eigenvalue weighted by molar-refractivity contribution is -0.137. The number of epoxide rings is 1. The van der Waals surface area contributed by atoms with Gasteiger partial charge in [-0.25, -0.2) is 0 Å². The molecule has 0 spiro atoms. The van der Waals surface area contributed by atoms with Crippen LogP contribution >= 0.6 is 0 Å². The molecule has 0 aliphatic carbocycles. The van der Waals surface area contributed by atoms with Gasteiger partial charge in [0.05, 0.1) is 6.10 Å². The highest BCUT2D eigenvalue weighted by Gasteiger charge is 2.40. The van der Waals surface area contributed by atoms with E-state index in [1.54, 1.807) is 6.92 Å². The first-order valence-electron chi connectivity index (χ1n) is 6.41. The maximum absolute atomic E-state index is 11.7. The number of carbonyl (C=O) groups excluding carboxylic acids is 2. The topological polar surface area (TPSA) is 49.9 Å². The first kappa shape index (κ1) is 12.1. The van der Waals surface area contributed by atoms with Crippen LogP contribution in [0.4, 0.5) is 0 Å². The zero-order chi connectivity index (χ0) is 13.4. The summed E-state index contributed by atoms with van der Waals surface area (Å²) in [4.78, 5) is 24.6. The third kappa shape index (κ3) is 2.31. The Hall–Kier alpha value is -1.94. The first-order valence-corrected chi connectivity index (χ1v) is 6.41. The quantitative estimate of drug-likeness (QED) is 0.611. The van der Waals surface area contributed by atoms with Crippen LogP contribution in [0.3, 0.4) is 0 Å². The van der Waals surface area contributed by atoms with Crippen molar-refractivity contribution in [1.82, 2.24) is 4.90 Å². The largest absolute Gasteiger partial charge is 0.364 e. The fourth-order valence-electron chi connectivity index (χ4n) is 2.40. The van der Waals surface area contributed by atoms with E-state index in [1.807, 2.05) is 30.3 Å². The molecule has 2 amide bonds. The molecule has 1 fully saturated rings. The van der Waals surface area contributed by atoms with E-state index in [4.69, 9.17) is 4.74 Å². The summed E-state index contributed by atoms with van der Waals surface area (Å²) in [5.41, 5.74) is 1.67. The molecule has 19 heavy (non-hydrogen) atoms. The van der Waals surface area contributed by atoms with Gasteiger partial charge in [0.1, 0.15) is 6.10 Å². The number of amides is 2. The van der Waals surface area contributed by atoms with E-state index >= 15 is 0 Å². The van der Waals surface area contributed by atoms with Gasteiger partial charge in [-0.2, -0.15) is 0 Å². The highest BCUT2D eigenvalue weighted by Crippen LogP contribution is 2.40. The third-order valence-electron chi connectivity index (χ3n) is 3.54. The van der Waals surface area contributed by atoms with Gasteiger partial charge >= 0.3 is 0 Å². The molecule has 98 valence electrons. The van der Waals surface area contributed by atoms with Crippen molar-refractivity contribution in [1.29, 1.82) is 0 Å². The van der Waals surface area contributed by atoms with Gasteiger partial charge < -0.3 is 4.74 Å².